The molecule has 1 atom stereocenters. The van der Waals surface area contributed by atoms with Gasteiger partial charge in [0, 0.05) is 6.54 Å². The minimum absolute atomic E-state index is 0.381. The molecule has 0 aliphatic heterocycles. The van der Waals surface area contributed by atoms with Gasteiger partial charge in [-0.3, -0.25) is 4.79 Å². The number of hydrogen-bond acceptors (Lipinski definition) is 2. The largest absolute Gasteiger partial charge is 0.481 e. The summed E-state index contributed by atoms with van der Waals surface area (Å²) in [5.74, 6) is -3.77. The predicted octanol–water partition coefficient (Wildman–Crippen LogP) is 1.89. The van der Waals surface area contributed by atoms with Crippen molar-refractivity contribution >= 4 is 5.97 Å². The van der Waals surface area contributed by atoms with E-state index in [9.17, 15) is 18.0 Å². The molecule has 0 fully saturated rings. The van der Waals surface area contributed by atoms with E-state index in [1.807, 2.05) is 13.8 Å². The fourth-order valence-corrected chi connectivity index (χ4v) is 0.980. The Hall–Kier alpha value is -0.780. The van der Waals surface area contributed by atoms with Gasteiger partial charge in [0.25, 0.3) is 0 Å². The highest BCUT2D eigenvalue weighted by molar-refractivity contribution is 5.71. The van der Waals surface area contributed by atoms with Crippen molar-refractivity contribution in [2.45, 2.75) is 26.4 Å². The second-order valence-electron chi connectivity index (χ2n) is 3.82. The van der Waals surface area contributed by atoms with Gasteiger partial charge < -0.3 is 10.4 Å². The topological polar surface area (TPSA) is 49.3 Å². The maximum absolute atomic E-state index is 12.1. The maximum atomic E-state index is 12.1. The molecule has 0 aliphatic carbocycles. The van der Waals surface area contributed by atoms with E-state index in [0.717, 1.165) is 6.42 Å². The SMILES string of the molecule is CC(C)CCNCC(C(=O)O)C(F)(F)F. The van der Waals surface area contributed by atoms with Crippen LogP contribution in [-0.2, 0) is 4.79 Å². The second kappa shape index (κ2) is 5.95. The number of hydrogen-bond donors (Lipinski definition) is 2. The number of halogens is 3. The first kappa shape index (κ1) is 14.2. The van der Waals surface area contributed by atoms with Gasteiger partial charge in [0.05, 0.1) is 0 Å². The Morgan fingerprint density at radius 3 is 2.27 bits per heavy atom. The van der Waals surface area contributed by atoms with Crippen LogP contribution in [0, 0.1) is 11.8 Å². The van der Waals surface area contributed by atoms with E-state index in [-0.39, 0.29) is 0 Å². The lowest BCUT2D eigenvalue weighted by atomic mass is 10.1. The smallest absolute Gasteiger partial charge is 0.403 e. The third-order valence-electron chi connectivity index (χ3n) is 1.94. The summed E-state index contributed by atoms with van der Waals surface area (Å²) in [7, 11) is 0. The molecule has 3 nitrogen and oxygen atoms in total. The number of carboxylic acid groups (broad SMARTS) is 1. The van der Waals surface area contributed by atoms with Crippen molar-refractivity contribution in [3.8, 4) is 0 Å². The molecule has 0 aliphatic rings. The number of rotatable bonds is 6. The van der Waals surface area contributed by atoms with Crippen molar-refractivity contribution < 1.29 is 23.1 Å². The lowest BCUT2D eigenvalue weighted by Gasteiger charge is -2.16. The van der Waals surface area contributed by atoms with Crippen molar-refractivity contribution in [2.75, 3.05) is 13.1 Å². The molecule has 90 valence electrons. The lowest BCUT2D eigenvalue weighted by molar-refractivity contribution is -0.192. The van der Waals surface area contributed by atoms with E-state index >= 15 is 0 Å². The van der Waals surface area contributed by atoms with Crippen LogP contribution in [0.1, 0.15) is 20.3 Å². The molecule has 0 saturated carbocycles. The lowest BCUT2D eigenvalue weighted by Crippen LogP contribution is -2.39. The number of alkyl halides is 3. The Bertz CT molecular complexity index is 204. The number of carboxylic acids is 1. The van der Waals surface area contributed by atoms with Crippen LogP contribution in [0.4, 0.5) is 13.2 Å². The van der Waals surface area contributed by atoms with Crippen LogP contribution < -0.4 is 5.32 Å². The maximum Gasteiger partial charge on any atom is 0.403 e. The third kappa shape index (κ3) is 6.33. The zero-order valence-electron chi connectivity index (χ0n) is 8.77. The Morgan fingerprint density at radius 2 is 1.93 bits per heavy atom. The quantitative estimate of drug-likeness (QED) is 0.681. The Balaban J connectivity index is 3.94. The van der Waals surface area contributed by atoms with E-state index in [1.165, 1.54) is 0 Å². The van der Waals surface area contributed by atoms with Crippen molar-refractivity contribution in [1.29, 1.82) is 0 Å². The summed E-state index contributed by atoms with van der Waals surface area (Å²) in [5, 5.41) is 10.9. The monoisotopic (exact) mass is 227 g/mol. The van der Waals surface area contributed by atoms with Crippen LogP contribution in [0.5, 0.6) is 0 Å². The van der Waals surface area contributed by atoms with E-state index in [1.54, 1.807) is 0 Å². The van der Waals surface area contributed by atoms with Crippen LogP contribution >= 0.6 is 0 Å². The highest BCUT2D eigenvalue weighted by Gasteiger charge is 2.44. The fourth-order valence-electron chi connectivity index (χ4n) is 0.980. The molecule has 0 bridgehead atoms. The molecule has 1 unspecified atom stereocenters. The molecule has 2 N–H and O–H groups in total. The Kier molecular flexibility index (Phi) is 5.64. The van der Waals surface area contributed by atoms with E-state index in [2.05, 4.69) is 5.32 Å². The molecule has 0 saturated heterocycles. The predicted molar refractivity (Wildman–Crippen MR) is 49.5 cm³/mol. The van der Waals surface area contributed by atoms with Gasteiger partial charge in [0.1, 0.15) is 0 Å². The van der Waals surface area contributed by atoms with E-state index in [0.29, 0.717) is 12.5 Å². The Morgan fingerprint density at radius 1 is 1.40 bits per heavy atom. The summed E-state index contributed by atoms with van der Waals surface area (Å²) < 4.78 is 36.4. The molecule has 0 spiro atoms. The van der Waals surface area contributed by atoms with Gasteiger partial charge in [0.15, 0.2) is 5.92 Å². The zero-order chi connectivity index (χ0) is 12.1. The van der Waals surface area contributed by atoms with Crippen LogP contribution in [0.2, 0.25) is 0 Å². The second-order valence-corrected chi connectivity index (χ2v) is 3.82. The van der Waals surface area contributed by atoms with Gasteiger partial charge in [-0.25, -0.2) is 0 Å². The number of aliphatic carboxylic acids is 1. The van der Waals surface area contributed by atoms with E-state index in [4.69, 9.17) is 5.11 Å². The summed E-state index contributed by atoms with van der Waals surface area (Å²) in [6.07, 6.45) is -3.96. The molecule has 0 amide bonds. The van der Waals surface area contributed by atoms with Gasteiger partial charge in [-0.15, -0.1) is 0 Å². The first-order valence-corrected chi connectivity index (χ1v) is 4.75. The highest BCUT2D eigenvalue weighted by atomic mass is 19.4. The first-order valence-electron chi connectivity index (χ1n) is 4.75. The molecular weight excluding hydrogens is 211 g/mol. The summed E-state index contributed by atoms with van der Waals surface area (Å²) >= 11 is 0. The minimum atomic E-state index is -4.68. The highest BCUT2D eigenvalue weighted by Crippen LogP contribution is 2.25. The van der Waals surface area contributed by atoms with Crippen molar-refractivity contribution in [2.24, 2.45) is 11.8 Å². The van der Waals surface area contributed by atoms with E-state index < -0.39 is 24.6 Å². The van der Waals surface area contributed by atoms with Crippen molar-refractivity contribution in [3.63, 3.8) is 0 Å². The summed E-state index contributed by atoms with van der Waals surface area (Å²) in [4.78, 5) is 10.3. The van der Waals surface area contributed by atoms with Crippen molar-refractivity contribution in [3.05, 3.63) is 0 Å². The van der Waals surface area contributed by atoms with Gasteiger partial charge in [-0.2, -0.15) is 13.2 Å². The molecule has 0 aromatic heterocycles. The standard InChI is InChI=1S/C9H16F3NO2/c1-6(2)3-4-13-5-7(8(14)15)9(10,11)12/h6-7,13H,3-5H2,1-2H3,(H,14,15). The molecule has 0 rings (SSSR count). The fraction of sp³-hybridized carbons (Fsp3) is 0.889. The first-order chi connectivity index (χ1) is 6.75. The zero-order valence-corrected chi connectivity index (χ0v) is 8.77. The molecular formula is C9H16F3NO2. The normalized spacial score (nSPS) is 14.3. The minimum Gasteiger partial charge on any atom is -0.481 e. The van der Waals surface area contributed by atoms with Gasteiger partial charge in [-0.05, 0) is 18.9 Å². The molecule has 0 heterocycles. The number of nitrogens with one attached hydrogen (secondary N) is 1. The van der Waals surface area contributed by atoms with Crippen LogP contribution in [-0.4, -0.2) is 30.3 Å². The molecule has 0 radical (unpaired) electrons. The van der Waals surface area contributed by atoms with Gasteiger partial charge in [0.2, 0.25) is 0 Å². The van der Waals surface area contributed by atoms with Gasteiger partial charge >= 0.3 is 12.1 Å². The average Bonchev–Trinajstić information content (AvgIpc) is 1.99. The third-order valence-corrected chi connectivity index (χ3v) is 1.94. The molecule has 15 heavy (non-hydrogen) atoms. The van der Waals surface area contributed by atoms with Gasteiger partial charge in [-0.1, -0.05) is 13.8 Å². The van der Waals surface area contributed by atoms with Crippen molar-refractivity contribution in [1.82, 2.24) is 5.32 Å². The summed E-state index contributed by atoms with van der Waals surface area (Å²) in [6.45, 7) is 3.73. The van der Waals surface area contributed by atoms with Crippen LogP contribution in [0.3, 0.4) is 0 Å². The molecule has 0 aromatic rings. The van der Waals surface area contributed by atoms with Crippen LogP contribution in [0.25, 0.3) is 0 Å². The summed E-state index contributed by atoms with van der Waals surface area (Å²) in [5.41, 5.74) is 0. The average molecular weight is 227 g/mol. The molecule has 6 heteroatoms. The summed E-state index contributed by atoms with van der Waals surface area (Å²) in [6, 6.07) is 0. The van der Waals surface area contributed by atoms with Crippen LogP contribution in [0.15, 0.2) is 0 Å². The number of carbonyl (C=O) groups is 1. The molecule has 0 aromatic carbocycles. The Labute approximate surface area is 86.7 Å².